The summed E-state index contributed by atoms with van der Waals surface area (Å²) in [5.41, 5.74) is 1.30. The average Bonchev–Trinajstić information content (AvgIpc) is 2.93. The maximum Gasteiger partial charge on any atom is 0.224 e. The molecule has 0 aliphatic carbocycles. The summed E-state index contributed by atoms with van der Waals surface area (Å²) in [5.74, 6) is 1.35. The first-order valence-electron chi connectivity index (χ1n) is 8.47. The Morgan fingerprint density at radius 1 is 1.27 bits per heavy atom. The third kappa shape index (κ3) is 5.56. The van der Waals surface area contributed by atoms with Crippen molar-refractivity contribution >= 4 is 29.1 Å². The molecule has 0 atom stereocenters. The number of aryl methyl sites for hydroxylation is 1. The van der Waals surface area contributed by atoms with Crippen molar-refractivity contribution in [2.75, 3.05) is 11.1 Å². The fraction of sp³-hybridized carbons (Fsp3) is 0.368. The van der Waals surface area contributed by atoms with Gasteiger partial charge in [0.05, 0.1) is 5.75 Å². The summed E-state index contributed by atoms with van der Waals surface area (Å²) in [7, 11) is 0. The van der Waals surface area contributed by atoms with Gasteiger partial charge < -0.3 is 9.88 Å². The Labute approximate surface area is 158 Å². The smallest absolute Gasteiger partial charge is 0.224 e. The average molecular weight is 372 g/mol. The van der Waals surface area contributed by atoms with Crippen molar-refractivity contribution in [2.45, 2.75) is 38.9 Å². The molecule has 0 saturated carbocycles. The summed E-state index contributed by atoms with van der Waals surface area (Å²) in [5, 5.41) is 11.7. The van der Waals surface area contributed by atoms with Gasteiger partial charge in [-0.25, -0.2) is 0 Å². The Kier molecular flexibility index (Phi) is 7.15. The lowest BCUT2D eigenvalue weighted by atomic mass is 10.1. The van der Waals surface area contributed by atoms with Gasteiger partial charge in [-0.2, -0.15) is 0 Å². The number of aromatic nitrogens is 3. The molecular weight excluding hydrogens is 348 g/mol. The summed E-state index contributed by atoms with van der Waals surface area (Å²) in [6.45, 7) is 10.2. The molecule has 1 N–H and O–H groups in total. The normalized spacial score (nSPS) is 10.8. The van der Waals surface area contributed by atoms with E-state index in [0.717, 1.165) is 5.82 Å². The molecule has 0 aliphatic heterocycles. The van der Waals surface area contributed by atoms with Crippen molar-refractivity contribution in [1.82, 2.24) is 14.8 Å². The second-order valence-corrected chi connectivity index (χ2v) is 7.31. The van der Waals surface area contributed by atoms with E-state index in [-0.39, 0.29) is 17.4 Å². The third-order valence-corrected chi connectivity index (χ3v) is 4.60. The van der Waals surface area contributed by atoms with Crippen molar-refractivity contribution in [1.29, 1.82) is 0 Å². The number of anilines is 1. The van der Waals surface area contributed by atoms with Crippen molar-refractivity contribution in [3.63, 3.8) is 0 Å². The lowest BCUT2D eigenvalue weighted by Gasteiger charge is -2.08. The van der Waals surface area contributed by atoms with Crippen molar-refractivity contribution in [2.24, 2.45) is 5.92 Å². The number of hydrogen-bond acceptors (Lipinski definition) is 5. The standard InChI is InChI=1S/C19H24N4O2S/c1-5-10-23-14(4)21-22-19(23)26-12-17(24)15-6-8-16(9-7-15)20-18(25)11-13(2)3/h5-9,13H,1,10-12H2,2-4H3,(H,20,25). The molecule has 138 valence electrons. The second-order valence-electron chi connectivity index (χ2n) is 6.36. The fourth-order valence-electron chi connectivity index (χ4n) is 2.34. The van der Waals surface area contributed by atoms with Crippen molar-refractivity contribution in [3.8, 4) is 0 Å². The lowest BCUT2D eigenvalue weighted by Crippen LogP contribution is -2.14. The number of Topliss-reactive ketones (excluding diaryl/α,β-unsaturated/α-hetero) is 1. The number of rotatable bonds is 9. The molecule has 0 aliphatic rings. The van der Waals surface area contributed by atoms with Gasteiger partial charge in [0.15, 0.2) is 10.9 Å². The highest BCUT2D eigenvalue weighted by molar-refractivity contribution is 7.99. The summed E-state index contributed by atoms with van der Waals surface area (Å²) >= 11 is 1.35. The first kappa shape index (κ1) is 19.9. The third-order valence-electron chi connectivity index (χ3n) is 3.63. The molecule has 2 rings (SSSR count). The molecule has 1 amide bonds. The van der Waals surface area contributed by atoms with E-state index in [2.05, 4.69) is 22.1 Å². The summed E-state index contributed by atoms with van der Waals surface area (Å²) in [6.07, 6.45) is 2.25. The van der Waals surface area contributed by atoms with Gasteiger partial charge in [0.25, 0.3) is 0 Å². The van der Waals surface area contributed by atoms with E-state index in [1.165, 1.54) is 11.8 Å². The van der Waals surface area contributed by atoms with Gasteiger partial charge in [0, 0.05) is 24.2 Å². The Bertz CT molecular complexity index is 781. The number of thioether (sulfide) groups is 1. The highest BCUT2D eigenvalue weighted by Crippen LogP contribution is 2.19. The molecule has 1 heterocycles. The van der Waals surface area contributed by atoms with Crippen LogP contribution in [0.25, 0.3) is 0 Å². The van der Waals surface area contributed by atoms with Gasteiger partial charge in [-0.05, 0) is 37.1 Å². The van der Waals surface area contributed by atoms with Crippen LogP contribution in [0.3, 0.4) is 0 Å². The van der Waals surface area contributed by atoms with Gasteiger partial charge in [-0.1, -0.05) is 31.7 Å². The van der Waals surface area contributed by atoms with E-state index < -0.39 is 0 Å². The first-order valence-corrected chi connectivity index (χ1v) is 9.46. The predicted octanol–water partition coefficient (Wildman–Crippen LogP) is 3.73. The fourth-order valence-corrected chi connectivity index (χ4v) is 3.23. The number of ketones is 1. The largest absolute Gasteiger partial charge is 0.326 e. The molecule has 1 aromatic carbocycles. The monoisotopic (exact) mass is 372 g/mol. The Morgan fingerprint density at radius 3 is 2.58 bits per heavy atom. The second kappa shape index (κ2) is 9.33. The molecule has 0 saturated heterocycles. The van der Waals surface area contributed by atoms with E-state index in [1.807, 2.05) is 25.3 Å². The van der Waals surface area contributed by atoms with E-state index in [1.54, 1.807) is 30.3 Å². The number of carbonyl (C=O) groups is 2. The van der Waals surface area contributed by atoms with Crippen molar-refractivity contribution in [3.05, 3.63) is 48.3 Å². The number of amides is 1. The Morgan fingerprint density at radius 2 is 1.96 bits per heavy atom. The molecule has 1 aromatic heterocycles. The number of benzene rings is 1. The molecule has 7 heteroatoms. The van der Waals surface area contributed by atoms with E-state index in [9.17, 15) is 9.59 Å². The van der Waals surface area contributed by atoms with Gasteiger partial charge >= 0.3 is 0 Å². The molecule has 2 aromatic rings. The Hall–Kier alpha value is -2.41. The van der Waals surface area contributed by atoms with Crippen LogP contribution in [0, 0.1) is 12.8 Å². The summed E-state index contributed by atoms with van der Waals surface area (Å²) < 4.78 is 1.91. The maximum atomic E-state index is 12.4. The minimum Gasteiger partial charge on any atom is -0.326 e. The zero-order chi connectivity index (χ0) is 19.1. The predicted molar refractivity (Wildman–Crippen MR) is 105 cm³/mol. The summed E-state index contributed by atoms with van der Waals surface area (Å²) in [4.78, 5) is 24.2. The van der Waals surface area contributed by atoms with Crippen LogP contribution in [0.15, 0.2) is 42.1 Å². The zero-order valence-corrected chi connectivity index (χ0v) is 16.2. The number of allylic oxidation sites excluding steroid dienone is 1. The van der Waals surface area contributed by atoms with Crippen LogP contribution in [0.1, 0.15) is 36.5 Å². The van der Waals surface area contributed by atoms with Gasteiger partial charge in [0.2, 0.25) is 5.91 Å². The molecule has 6 nitrogen and oxygen atoms in total. The minimum atomic E-state index is -0.0217. The van der Waals surface area contributed by atoms with Crippen LogP contribution in [-0.4, -0.2) is 32.2 Å². The molecule has 0 spiro atoms. The molecule has 0 unspecified atom stereocenters. The molecule has 0 bridgehead atoms. The van der Waals surface area contributed by atoms with Crippen LogP contribution < -0.4 is 5.32 Å². The topological polar surface area (TPSA) is 76.9 Å². The number of carbonyl (C=O) groups excluding carboxylic acids is 2. The van der Waals surface area contributed by atoms with E-state index in [4.69, 9.17) is 0 Å². The molecule has 0 fully saturated rings. The van der Waals surface area contributed by atoms with Crippen LogP contribution in [0.4, 0.5) is 5.69 Å². The highest BCUT2D eigenvalue weighted by atomic mass is 32.2. The highest BCUT2D eigenvalue weighted by Gasteiger charge is 2.13. The van der Waals surface area contributed by atoms with E-state index >= 15 is 0 Å². The maximum absolute atomic E-state index is 12.4. The van der Waals surface area contributed by atoms with Crippen LogP contribution in [0.2, 0.25) is 0 Å². The number of nitrogens with one attached hydrogen (secondary N) is 1. The molecule has 0 radical (unpaired) electrons. The zero-order valence-electron chi connectivity index (χ0n) is 15.4. The first-order chi connectivity index (χ1) is 12.4. The Balaban J connectivity index is 1.94. The summed E-state index contributed by atoms with van der Waals surface area (Å²) in [6, 6.07) is 6.96. The molecular formula is C19H24N4O2S. The molecule has 26 heavy (non-hydrogen) atoms. The number of hydrogen-bond donors (Lipinski definition) is 1. The van der Waals surface area contributed by atoms with E-state index in [0.29, 0.717) is 35.3 Å². The van der Waals surface area contributed by atoms with Crippen LogP contribution >= 0.6 is 11.8 Å². The SMILES string of the molecule is C=CCn1c(C)nnc1SCC(=O)c1ccc(NC(=O)CC(C)C)cc1. The van der Waals surface area contributed by atoms with Crippen LogP contribution in [0.5, 0.6) is 0 Å². The van der Waals surface area contributed by atoms with Gasteiger partial charge in [0.1, 0.15) is 5.82 Å². The number of nitrogens with zero attached hydrogens (tertiary/aromatic N) is 3. The van der Waals surface area contributed by atoms with Gasteiger partial charge in [-0.3, -0.25) is 9.59 Å². The quantitative estimate of drug-likeness (QED) is 0.412. The minimum absolute atomic E-state index is 0.000799. The van der Waals surface area contributed by atoms with Crippen molar-refractivity contribution < 1.29 is 9.59 Å². The lowest BCUT2D eigenvalue weighted by molar-refractivity contribution is -0.116. The van der Waals surface area contributed by atoms with Gasteiger partial charge in [-0.15, -0.1) is 16.8 Å². The van der Waals surface area contributed by atoms with Crippen LogP contribution in [-0.2, 0) is 11.3 Å².